The second-order valence-electron chi connectivity index (χ2n) is 9.48. The summed E-state index contributed by atoms with van der Waals surface area (Å²) in [6.07, 6.45) is 3.23. The van der Waals surface area contributed by atoms with Crippen LogP contribution in [0.4, 0.5) is 5.69 Å². The summed E-state index contributed by atoms with van der Waals surface area (Å²) < 4.78 is 6.24. The van der Waals surface area contributed by atoms with E-state index in [1.165, 1.54) is 18.2 Å². The number of hydrogen-bond donors (Lipinski definition) is 2. The molecule has 1 unspecified atom stereocenters. The van der Waals surface area contributed by atoms with Crippen LogP contribution in [0.15, 0.2) is 35.9 Å². The molecule has 5 heteroatoms. The second kappa shape index (κ2) is 4.58. The van der Waals surface area contributed by atoms with Gasteiger partial charge in [0.25, 0.3) is 0 Å². The monoisotopic (exact) mass is 367 g/mol. The Morgan fingerprint density at radius 1 is 1.41 bits per heavy atom. The Kier molecular flexibility index (Phi) is 2.74. The Labute approximate surface area is 159 Å². The highest BCUT2D eigenvalue weighted by atomic mass is 16.5. The lowest BCUT2D eigenvalue weighted by Gasteiger charge is -2.64. The zero-order chi connectivity index (χ0) is 18.8. The number of aliphatic hydroxyl groups is 1. The third-order valence-corrected chi connectivity index (χ3v) is 9.11. The van der Waals surface area contributed by atoms with Crippen molar-refractivity contribution in [2.45, 2.75) is 49.4 Å². The molecule has 4 saturated heterocycles. The first-order valence-electron chi connectivity index (χ1n) is 10.1. The van der Waals surface area contributed by atoms with Gasteiger partial charge in [-0.15, -0.1) is 0 Å². The zero-order valence-corrected chi connectivity index (χ0v) is 16.1. The molecule has 2 N–H and O–H groups in total. The molecule has 5 aliphatic heterocycles. The van der Waals surface area contributed by atoms with Crippen molar-refractivity contribution in [1.82, 2.24) is 0 Å². The van der Waals surface area contributed by atoms with Crippen molar-refractivity contribution in [2.75, 3.05) is 26.0 Å². The average molecular weight is 367 g/mol. The number of piperidine rings is 4. The molecule has 0 radical (unpaired) electrons. The summed E-state index contributed by atoms with van der Waals surface area (Å²) in [5.74, 6) is -0.132. The van der Waals surface area contributed by atoms with E-state index in [1.807, 2.05) is 6.07 Å². The van der Waals surface area contributed by atoms with E-state index in [0.29, 0.717) is 6.04 Å². The third kappa shape index (κ3) is 1.37. The largest absolute Gasteiger partial charge is 0.468 e. The van der Waals surface area contributed by atoms with Gasteiger partial charge in [-0.2, -0.15) is 0 Å². The molecule has 5 bridgehead atoms. The van der Waals surface area contributed by atoms with Crippen molar-refractivity contribution >= 4 is 11.7 Å². The van der Waals surface area contributed by atoms with Gasteiger partial charge in [0.2, 0.25) is 0 Å². The van der Waals surface area contributed by atoms with Crippen LogP contribution in [-0.4, -0.2) is 60.5 Å². The summed E-state index contributed by atoms with van der Waals surface area (Å²) in [7, 11) is 3.78. The van der Waals surface area contributed by atoms with Crippen LogP contribution in [0, 0.1) is 11.3 Å². The van der Waals surface area contributed by atoms with E-state index in [-0.39, 0.29) is 24.0 Å². The molecule has 142 valence electrons. The van der Waals surface area contributed by atoms with Gasteiger partial charge in [-0.05, 0) is 24.1 Å². The maximum Gasteiger partial charge on any atom is 0.321 e. The third-order valence-electron chi connectivity index (χ3n) is 9.11. The summed E-state index contributed by atoms with van der Waals surface area (Å²) in [4.78, 5) is 13.4. The number of quaternary nitrogens is 1. The van der Waals surface area contributed by atoms with Gasteiger partial charge in [-0.1, -0.05) is 24.3 Å². The Balaban J connectivity index is 1.68. The fourth-order valence-corrected chi connectivity index (χ4v) is 8.23. The minimum Gasteiger partial charge on any atom is -0.468 e. The molecule has 5 heterocycles. The number of rotatable bonds is 1. The first kappa shape index (κ1) is 16.1. The predicted molar refractivity (Wildman–Crippen MR) is 101 cm³/mol. The molecule has 5 fully saturated rings. The lowest BCUT2D eigenvalue weighted by Crippen LogP contribution is -2.79. The fourth-order valence-electron chi connectivity index (χ4n) is 8.23. The van der Waals surface area contributed by atoms with Crippen molar-refractivity contribution in [1.29, 1.82) is 0 Å². The second-order valence-corrected chi connectivity index (χ2v) is 9.48. The number of para-hydroxylation sites is 1. The molecule has 0 aromatic heterocycles. The smallest absolute Gasteiger partial charge is 0.321 e. The number of methoxy groups -OCH3 is 1. The van der Waals surface area contributed by atoms with Gasteiger partial charge in [-0.25, -0.2) is 0 Å². The number of esters is 1. The summed E-state index contributed by atoms with van der Waals surface area (Å²) >= 11 is 0. The summed E-state index contributed by atoms with van der Waals surface area (Å²) in [5, 5.41) is 15.8. The molecule has 6 aliphatic rings. The SMILES string of the molecule is C/C=C1\C[N+]2(C)[C@H]3C[C@@H]1[C@@]1(C(=O)OC)[C@@H](O)[C@]4(C[C@@H]12)c1ccccc1N[C@H]34. The molecular weight excluding hydrogens is 340 g/mol. The van der Waals surface area contributed by atoms with Crippen LogP contribution >= 0.6 is 0 Å². The van der Waals surface area contributed by atoms with Crippen molar-refractivity contribution in [3.63, 3.8) is 0 Å². The maximum atomic E-state index is 13.4. The van der Waals surface area contributed by atoms with Gasteiger partial charge in [0.15, 0.2) is 5.41 Å². The van der Waals surface area contributed by atoms with Crippen LogP contribution in [0.1, 0.15) is 25.3 Å². The molecule has 8 atom stereocenters. The summed E-state index contributed by atoms with van der Waals surface area (Å²) in [6, 6.07) is 9.05. The molecule has 1 aromatic carbocycles. The summed E-state index contributed by atoms with van der Waals surface area (Å²) in [5.41, 5.74) is 2.41. The van der Waals surface area contributed by atoms with E-state index in [4.69, 9.17) is 4.74 Å². The van der Waals surface area contributed by atoms with Crippen LogP contribution in [0.5, 0.6) is 0 Å². The Morgan fingerprint density at radius 2 is 2.19 bits per heavy atom. The molecule has 1 aliphatic carbocycles. The van der Waals surface area contributed by atoms with Crippen LogP contribution < -0.4 is 5.32 Å². The minimum atomic E-state index is -0.839. The quantitative estimate of drug-likeness (QED) is 0.452. The van der Waals surface area contributed by atoms with Crippen LogP contribution in [0.3, 0.4) is 0 Å². The highest BCUT2D eigenvalue weighted by molar-refractivity contribution is 5.83. The average Bonchev–Trinajstić information content (AvgIpc) is 3.13. The number of anilines is 1. The number of nitrogens with one attached hydrogen (secondary N) is 1. The normalized spacial score (nSPS) is 51.9. The van der Waals surface area contributed by atoms with Crippen LogP contribution in [-0.2, 0) is 14.9 Å². The highest BCUT2D eigenvalue weighted by Crippen LogP contribution is 2.73. The minimum absolute atomic E-state index is 0.0823. The molecule has 1 saturated carbocycles. The molecule has 5 nitrogen and oxygen atoms in total. The number of allylic oxidation sites excluding steroid dienone is 1. The zero-order valence-electron chi connectivity index (χ0n) is 16.1. The number of benzene rings is 1. The van der Waals surface area contributed by atoms with E-state index in [2.05, 4.69) is 43.6 Å². The van der Waals surface area contributed by atoms with E-state index in [1.54, 1.807) is 0 Å². The molecule has 1 spiro atoms. The number of likely N-dealkylation sites (N-methyl/N-ethyl adjacent to an activating group) is 1. The Hall–Kier alpha value is -1.85. The van der Waals surface area contributed by atoms with Crippen LogP contribution in [0.2, 0.25) is 0 Å². The van der Waals surface area contributed by atoms with Gasteiger partial charge in [0.1, 0.15) is 18.6 Å². The molecule has 7 rings (SSSR count). The van der Waals surface area contributed by atoms with E-state index in [0.717, 1.165) is 29.6 Å². The fraction of sp³-hybridized carbons (Fsp3) is 0.591. The van der Waals surface area contributed by atoms with Gasteiger partial charge in [-0.3, -0.25) is 4.79 Å². The number of nitrogens with zero attached hydrogens (tertiary/aromatic N) is 1. The number of ether oxygens (including phenoxy) is 1. The van der Waals surface area contributed by atoms with Crippen molar-refractivity contribution < 1.29 is 19.1 Å². The lowest BCUT2D eigenvalue weighted by molar-refractivity contribution is -0.975. The van der Waals surface area contributed by atoms with Crippen molar-refractivity contribution in [3.05, 3.63) is 41.5 Å². The van der Waals surface area contributed by atoms with Crippen LogP contribution in [0.25, 0.3) is 0 Å². The summed E-state index contributed by atoms with van der Waals surface area (Å²) in [6.45, 7) is 3.05. The topological polar surface area (TPSA) is 58.6 Å². The molecule has 1 aromatic rings. The lowest BCUT2D eigenvalue weighted by atomic mass is 9.57. The van der Waals surface area contributed by atoms with Gasteiger partial charge in [0, 0.05) is 24.4 Å². The first-order valence-corrected chi connectivity index (χ1v) is 10.1. The van der Waals surface area contributed by atoms with E-state index < -0.39 is 16.9 Å². The molecule has 0 amide bonds. The van der Waals surface area contributed by atoms with Crippen molar-refractivity contribution in [3.8, 4) is 0 Å². The van der Waals surface area contributed by atoms with Gasteiger partial charge in [0.05, 0.1) is 31.7 Å². The standard InChI is InChI=1S/C22H27N2O3/c1-4-12-11-24(2)16-9-14(12)22(20(26)27-3)17(24)10-21(19(22)25)13-7-5-6-8-15(13)23-18(16)21/h4-8,14,16-19,23,25H,9-11H2,1-3H3/q+1/b12-4+/t14-,16-,17-,18+,19-,21+,22-,24?/m0/s1. The Bertz CT molecular complexity index is 913. The number of hydrogen-bond acceptors (Lipinski definition) is 4. The first-order chi connectivity index (χ1) is 13.0. The number of aliphatic hydroxyl groups excluding tert-OH is 1. The van der Waals surface area contributed by atoms with E-state index >= 15 is 0 Å². The molecular formula is C22H27N2O3+. The number of fused-ring (bicyclic) bond motifs is 2. The molecule has 27 heavy (non-hydrogen) atoms. The maximum absolute atomic E-state index is 13.4. The van der Waals surface area contributed by atoms with Crippen molar-refractivity contribution in [2.24, 2.45) is 11.3 Å². The number of carbonyl (C=O) groups is 1. The number of carbonyl (C=O) groups excluding carboxylic acids is 1. The van der Waals surface area contributed by atoms with Gasteiger partial charge >= 0.3 is 5.97 Å². The highest BCUT2D eigenvalue weighted by Gasteiger charge is 2.87. The predicted octanol–water partition coefficient (Wildman–Crippen LogP) is 1.82. The van der Waals surface area contributed by atoms with E-state index in [9.17, 15) is 9.90 Å². The van der Waals surface area contributed by atoms with Gasteiger partial charge < -0.3 is 19.6 Å². The Morgan fingerprint density at radius 3 is 2.93 bits per heavy atom.